The van der Waals surface area contributed by atoms with Crippen LogP contribution in [0.3, 0.4) is 0 Å². The van der Waals surface area contributed by atoms with Crippen molar-refractivity contribution in [2.24, 2.45) is 0 Å². The van der Waals surface area contributed by atoms with Crippen LogP contribution in [0.4, 0.5) is 13.6 Å². The molecule has 3 rings (SSSR count). The average Bonchev–Trinajstić information content (AvgIpc) is 2.95. The van der Waals surface area contributed by atoms with Crippen LogP contribution >= 0.6 is 0 Å². The molecule has 2 aromatic rings. The van der Waals surface area contributed by atoms with Gasteiger partial charge < -0.3 is 9.64 Å². The molecule has 0 aliphatic carbocycles. The van der Waals surface area contributed by atoms with E-state index in [1.54, 1.807) is 26.0 Å². The smallest absolute Gasteiger partial charge is 0.410 e. The number of ether oxygens (including phenoxy) is 1. The molecule has 1 amide bonds. The summed E-state index contributed by atoms with van der Waals surface area (Å²) in [5, 5.41) is 0. The minimum absolute atomic E-state index is 0.00192. The van der Waals surface area contributed by atoms with Crippen LogP contribution in [0.2, 0.25) is 0 Å². The van der Waals surface area contributed by atoms with Crippen molar-refractivity contribution in [2.45, 2.75) is 39.2 Å². The Labute approximate surface area is 181 Å². The number of nitrogens with one attached hydrogen (secondary N) is 1. The SMILES string of the molecule is CCS(=O)(=O)N[C@H]1CCCN(C(=O)Oc2ccc(C)cc2-c2c(F)cccc2F)CC1. The molecule has 1 saturated heterocycles. The molecule has 31 heavy (non-hydrogen) atoms. The number of halogens is 2. The fourth-order valence-corrected chi connectivity index (χ4v) is 4.49. The molecule has 1 aliphatic rings. The molecule has 1 aliphatic heterocycles. The second-order valence-electron chi connectivity index (χ2n) is 7.60. The summed E-state index contributed by atoms with van der Waals surface area (Å²) in [6, 6.07) is 8.12. The molecule has 0 saturated carbocycles. The summed E-state index contributed by atoms with van der Waals surface area (Å²) in [5.41, 5.74) is 0.671. The Morgan fingerprint density at radius 3 is 2.55 bits per heavy atom. The first kappa shape index (κ1) is 23.1. The molecule has 0 aromatic heterocycles. The molecule has 168 valence electrons. The van der Waals surface area contributed by atoms with E-state index < -0.39 is 27.8 Å². The van der Waals surface area contributed by atoms with Gasteiger partial charge in [0.15, 0.2) is 0 Å². The van der Waals surface area contributed by atoms with Crippen molar-refractivity contribution < 1.29 is 26.7 Å². The van der Waals surface area contributed by atoms with E-state index in [2.05, 4.69) is 4.72 Å². The maximum atomic E-state index is 14.4. The summed E-state index contributed by atoms with van der Waals surface area (Å²) in [7, 11) is -3.33. The van der Waals surface area contributed by atoms with Gasteiger partial charge in [0.2, 0.25) is 10.0 Å². The maximum Gasteiger partial charge on any atom is 0.415 e. The van der Waals surface area contributed by atoms with Gasteiger partial charge in [0, 0.05) is 24.7 Å². The van der Waals surface area contributed by atoms with Crippen LogP contribution < -0.4 is 9.46 Å². The Kier molecular flexibility index (Phi) is 7.27. The Morgan fingerprint density at radius 2 is 1.87 bits per heavy atom. The van der Waals surface area contributed by atoms with Gasteiger partial charge in [-0.15, -0.1) is 0 Å². The zero-order valence-corrected chi connectivity index (χ0v) is 18.3. The van der Waals surface area contributed by atoms with Gasteiger partial charge in [-0.05, 0) is 57.4 Å². The number of hydrogen-bond acceptors (Lipinski definition) is 4. The molecule has 1 fully saturated rings. The molecule has 6 nitrogen and oxygen atoms in total. The normalized spacial score (nSPS) is 17.3. The van der Waals surface area contributed by atoms with Crippen molar-refractivity contribution >= 4 is 16.1 Å². The number of likely N-dealkylation sites (tertiary alicyclic amines) is 1. The van der Waals surface area contributed by atoms with E-state index in [-0.39, 0.29) is 28.7 Å². The minimum atomic E-state index is -3.33. The summed E-state index contributed by atoms with van der Waals surface area (Å²) in [4.78, 5) is 14.3. The Morgan fingerprint density at radius 1 is 1.16 bits per heavy atom. The van der Waals surface area contributed by atoms with Crippen LogP contribution in [0.1, 0.15) is 31.7 Å². The topological polar surface area (TPSA) is 75.7 Å². The molecule has 0 unspecified atom stereocenters. The highest BCUT2D eigenvalue weighted by Gasteiger charge is 2.25. The molecular weight excluding hydrogens is 426 g/mol. The van der Waals surface area contributed by atoms with E-state index in [1.807, 2.05) is 0 Å². The number of aryl methyl sites for hydroxylation is 1. The van der Waals surface area contributed by atoms with E-state index >= 15 is 0 Å². The van der Waals surface area contributed by atoms with Crippen molar-refractivity contribution in [2.75, 3.05) is 18.8 Å². The lowest BCUT2D eigenvalue weighted by molar-refractivity contribution is 0.154. The average molecular weight is 453 g/mol. The fraction of sp³-hybridized carbons (Fsp3) is 0.409. The summed E-state index contributed by atoms with van der Waals surface area (Å²) < 4.78 is 60.5. The van der Waals surface area contributed by atoms with Crippen LogP contribution in [0, 0.1) is 18.6 Å². The number of hydrogen-bond donors (Lipinski definition) is 1. The minimum Gasteiger partial charge on any atom is -0.410 e. The Balaban J connectivity index is 1.77. The predicted octanol–water partition coefficient (Wildman–Crippen LogP) is 4.23. The van der Waals surface area contributed by atoms with Crippen molar-refractivity contribution in [1.82, 2.24) is 9.62 Å². The highest BCUT2D eigenvalue weighted by Crippen LogP contribution is 2.35. The van der Waals surface area contributed by atoms with E-state index in [0.29, 0.717) is 32.4 Å². The van der Waals surface area contributed by atoms with E-state index in [0.717, 1.165) is 17.7 Å². The van der Waals surface area contributed by atoms with Gasteiger partial charge in [0.05, 0.1) is 11.3 Å². The molecule has 1 N–H and O–H groups in total. The second-order valence-corrected chi connectivity index (χ2v) is 9.64. The largest absolute Gasteiger partial charge is 0.415 e. The van der Waals surface area contributed by atoms with Gasteiger partial charge in [0.1, 0.15) is 17.4 Å². The standard InChI is InChI=1S/C22H26F2N2O4S/c1-3-31(28,29)25-16-6-5-12-26(13-11-16)22(27)30-20-10-9-15(2)14-17(20)21-18(23)7-4-8-19(21)24/h4,7-10,14,16,25H,3,5-6,11-13H2,1-2H3/t16-/m0/s1. The lowest BCUT2D eigenvalue weighted by atomic mass is 10.0. The van der Waals surface area contributed by atoms with Gasteiger partial charge in [-0.25, -0.2) is 26.7 Å². The third-order valence-electron chi connectivity index (χ3n) is 5.28. The molecule has 0 spiro atoms. The number of rotatable bonds is 5. The van der Waals surface area contributed by atoms with Crippen LogP contribution in [0.15, 0.2) is 36.4 Å². The number of sulfonamides is 1. The van der Waals surface area contributed by atoms with Crippen LogP contribution in [0.25, 0.3) is 11.1 Å². The summed E-state index contributed by atoms with van der Waals surface area (Å²) in [5.74, 6) is -1.43. The number of carbonyl (C=O) groups excluding carboxylic acids is 1. The molecule has 0 bridgehead atoms. The van der Waals surface area contributed by atoms with Crippen molar-refractivity contribution in [3.63, 3.8) is 0 Å². The summed E-state index contributed by atoms with van der Waals surface area (Å²) in [6.45, 7) is 4.06. The third-order valence-corrected chi connectivity index (χ3v) is 6.73. The first-order chi connectivity index (χ1) is 14.7. The Bertz CT molecular complexity index is 1040. The number of amides is 1. The monoisotopic (exact) mass is 452 g/mol. The molecule has 9 heteroatoms. The highest BCUT2D eigenvalue weighted by molar-refractivity contribution is 7.89. The summed E-state index contributed by atoms with van der Waals surface area (Å²) in [6.07, 6.45) is 1.03. The van der Waals surface area contributed by atoms with Gasteiger partial charge >= 0.3 is 6.09 Å². The Hall–Kier alpha value is -2.52. The molecule has 0 radical (unpaired) electrons. The molecule has 2 aromatic carbocycles. The number of carbonyl (C=O) groups is 1. The van der Waals surface area contributed by atoms with E-state index in [4.69, 9.17) is 4.74 Å². The van der Waals surface area contributed by atoms with Gasteiger partial charge in [-0.3, -0.25) is 0 Å². The van der Waals surface area contributed by atoms with Crippen LogP contribution in [0.5, 0.6) is 5.75 Å². The van der Waals surface area contributed by atoms with Crippen molar-refractivity contribution in [3.8, 4) is 16.9 Å². The van der Waals surface area contributed by atoms with Gasteiger partial charge in [-0.2, -0.15) is 0 Å². The molecule has 1 heterocycles. The highest BCUT2D eigenvalue weighted by atomic mass is 32.2. The zero-order valence-electron chi connectivity index (χ0n) is 17.5. The number of benzene rings is 2. The van der Waals surface area contributed by atoms with Gasteiger partial charge in [0.25, 0.3) is 0 Å². The van der Waals surface area contributed by atoms with E-state index in [9.17, 15) is 22.0 Å². The lowest BCUT2D eigenvalue weighted by Crippen LogP contribution is -2.38. The lowest BCUT2D eigenvalue weighted by Gasteiger charge is -2.21. The second kappa shape index (κ2) is 9.74. The predicted molar refractivity (Wildman–Crippen MR) is 114 cm³/mol. The van der Waals surface area contributed by atoms with Gasteiger partial charge in [-0.1, -0.05) is 17.7 Å². The number of nitrogens with zero attached hydrogens (tertiary/aromatic N) is 1. The third kappa shape index (κ3) is 5.80. The van der Waals surface area contributed by atoms with Crippen molar-refractivity contribution in [3.05, 3.63) is 53.6 Å². The maximum absolute atomic E-state index is 14.4. The molecule has 1 atom stereocenters. The quantitative estimate of drug-likeness (QED) is 0.737. The fourth-order valence-electron chi connectivity index (χ4n) is 3.58. The first-order valence-electron chi connectivity index (χ1n) is 10.2. The van der Waals surface area contributed by atoms with Crippen LogP contribution in [-0.4, -0.2) is 44.3 Å². The van der Waals surface area contributed by atoms with Crippen molar-refractivity contribution in [1.29, 1.82) is 0 Å². The summed E-state index contributed by atoms with van der Waals surface area (Å²) >= 11 is 0. The van der Waals surface area contributed by atoms with E-state index in [1.165, 1.54) is 17.0 Å². The molecular formula is C22H26F2N2O4S. The first-order valence-corrected chi connectivity index (χ1v) is 11.9. The van der Waals surface area contributed by atoms with Crippen LogP contribution in [-0.2, 0) is 10.0 Å². The zero-order chi connectivity index (χ0) is 22.6.